The molecule has 3 nitrogen and oxygen atoms in total. The maximum atomic E-state index is 6.99. The molecule has 0 saturated heterocycles. The molecule has 4 heteroatoms. The van der Waals surface area contributed by atoms with Crippen molar-refractivity contribution in [1.29, 1.82) is 0 Å². The number of anilines is 2. The molecule has 0 bridgehead atoms. The van der Waals surface area contributed by atoms with Gasteiger partial charge in [0.2, 0.25) is 0 Å². The molecule has 60 heavy (non-hydrogen) atoms. The van der Waals surface area contributed by atoms with Crippen LogP contribution in [-0.2, 0) is 5.41 Å². The highest BCUT2D eigenvalue weighted by Gasteiger charge is 2.31. The largest absolute Gasteiger partial charge is 0.454 e. The molecule has 0 fully saturated rings. The molecule has 0 atom stereocenters. The van der Waals surface area contributed by atoms with Gasteiger partial charge in [-0.25, -0.2) is 0 Å². The van der Waals surface area contributed by atoms with E-state index in [0.717, 1.165) is 46.3 Å². The zero-order valence-electron chi connectivity index (χ0n) is 33.9. The van der Waals surface area contributed by atoms with E-state index in [4.69, 9.17) is 4.42 Å². The maximum Gasteiger partial charge on any atom is 0.198 e. The smallest absolute Gasteiger partial charge is 0.198 e. The summed E-state index contributed by atoms with van der Waals surface area (Å²) in [6, 6.07) is 66.6. The van der Waals surface area contributed by atoms with Crippen molar-refractivity contribution in [2.24, 2.45) is 0 Å². The van der Waals surface area contributed by atoms with E-state index in [9.17, 15) is 0 Å². The predicted molar refractivity (Wildman–Crippen MR) is 257 cm³/mol. The maximum absolute atomic E-state index is 6.99. The van der Waals surface area contributed by atoms with E-state index in [-0.39, 0.29) is 5.41 Å². The Morgan fingerprint density at radius 3 is 1.97 bits per heavy atom. The lowest BCUT2D eigenvalue weighted by Gasteiger charge is -2.25. The van der Waals surface area contributed by atoms with E-state index in [2.05, 4.69) is 213 Å². The van der Waals surface area contributed by atoms with E-state index in [1.54, 1.807) is 0 Å². The number of rotatable bonds is 5. The Balaban J connectivity index is 1.18. The first-order valence-electron chi connectivity index (χ1n) is 21.0. The summed E-state index contributed by atoms with van der Waals surface area (Å²) in [4.78, 5) is 0. The number of hydrogen-bond acceptors (Lipinski definition) is 2. The van der Waals surface area contributed by atoms with Crippen molar-refractivity contribution in [3.63, 3.8) is 0 Å². The highest BCUT2D eigenvalue weighted by atomic mass is 16.3. The van der Waals surface area contributed by atoms with Gasteiger partial charge in [0.1, 0.15) is 5.58 Å². The molecular weight excluding hydrogens is 727 g/mol. The molecule has 12 rings (SSSR count). The summed E-state index contributed by atoms with van der Waals surface area (Å²) in [5, 5.41) is 11.1. The minimum Gasteiger partial charge on any atom is -0.454 e. The van der Waals surface area contributed by atoms with Gasteiger partial charge in [0, 0.05) is 43.7 Å². The second-order valence-corrected chi connectivity index (χ2v) is 17.4. The zero-order chi connectivity index (χ0) is 40.1. The highest BCUT2D eigenvalue weighted by molar-refractivity contribution is 6.74. The van der Waals surface area contributed by atoms with Crippen LogP contribution >= 0.6 is 0 Å². The second-order valence-electron chi connectivity index (χ2n) is 17.4. The topological polar surface area (TPSA) is 30.1 Å². The van der Waals surface area contributed by atoms with Crippen LogP contribution < -0.4 is 16.2 Å². The lowest BCUT2D eigenvalue weighted by atomic mass is 9.58. The minimum absolute atomic E-state index is 0.0683. The van der Waals surface area contributed by atoms with Crippen molar-refractivity contribution in [3.8, 4) is 39.1 Å². The lowest BCUT2D eigenvalue weighted by molar-refractivity contribution is 0.590. The Kier molecular flexibility index (Phi) is 7.58. The molecule has 284 valence electrons. The molecule has 0 spiro atoms. The molecule has 2 aromatic heterocycles. The van der Waals surface area contributed by atoms with Crippen LogP contribution in [0.2, 0.25) is 0 Å². The Labute approximate surface area is 349 Å². The fourth-order valence-electron chi connectivity index (χ4n) is 9.76. The number of furan rings is 1. The van der Waals surface area contributed by atoms with Gasteiger partial charge in [0.05, 0.1) is 16.9 Å². The van der Waals surface area contributed by atoms with E-state index in [1.165, 1.54) is 82.4 Å². The molecule has 1 aliphatic heterocycles. The monoisotopic (exact) mass is 768 g/mol. The molecular formula is C56H41BN2O. The summed E-state index contributed by atoms with van der Waals surface area (Å²) in [6.07, 6.45) is 0. The molecule has 0 unspecified atom stereocenters. The molecule has 1 aliphatic rings. The molecule has 0 amide bonds. The van der Waals surface area contributed by atoms with Gasteiger partial charge in [-0.15, -0.1) is 0 Å². The molecule has 3 heterocycles. The van der Waals surface area contributed by atoms with Crippen molar-refractivity contribution < 1.29 is 4.42 Å². The summed E-state index contributed by atoms with van der Waals surface area (Å²) >= 11 is 0. The van der Waals surface area contributed by atoms with Gasteiger partial charge >= 0.3 is 0 Å². The highest BCUT2D eigenvalue weighted by Crippen LogP contribution is 2.45. The Hall–Kier alpha value is -7.30. The van der Waals surface area contributed by atoms with Crippen LogP contribution in [0.1, 0.15) is 26.3 Å². The van der Waals surface area contributed by atoms with E-state index < -0.39 is 0 Å². The van der Waals surface area contributed by atoms with E-state index in [1.807, 2.05) is 0 Å². The molecule has 9 aromatic carbocycles. The fourth-order valence-corrected chi connectivity index (χ4v) is 9.76. The van der Waals surface area contributed by atoms with Gasteiger partial charge in [-0.1, -0.05) is 166 Å². The molecule has 1 N–H and O–H groups in total. The van der Waals surface area contributed by atoms with E-state index in [0.29, 0.717) is 0 Å². The average molecular weight is 769 g/mol. The Bertz CT molecular complexity index is 3500. The van der Waals surface area contributed by atoms with Crippen LogP contribution in [0.25, 0.3) is 93.6 Å². The SMILES string of the molecule is CC(C)(C)c1ccc(Nc2c(-c3cc4c(oc5ccccc54)c4c3Bc3cc(-c5ccccc5)cc5c6cc(-c7ccccc7)ccc6n-4c35)ccc3ccccc23)cc1. The summed E-state index contributed by atoms with van der Waals surface area (Å²) < 4.78 is 9.51. The summed E-state index contributed by atoms with van der Waals surface area (Å²) in [5.74, 6) is 0. The zero-order valence-corrected chi connectivity index (χ0v) is 33.9. The first kappa shape index (κ1) is 34.7. The van der Waals surface area contributed by atoms with Crippen LogP contribution in [0.3, 0.4) is 0 Å². The standard InChI is InChI=1S/C56H41BN2O/c1-56(2,3)39-24-26-40(27-25-39)58-52-41-19-11-10-18-36(41)22-28-43(52)45-33-47-42-20-12-13-21-50(42)60-55(47)54-51(45)57-48-32-38(35-16-8-5-9-17-35)31-46-44-30-37(34-14-6-4-7-15-34)23-29-49(44)59(54)53(46)48/h4-33,57-58H,1-3H3. The fraction of sp³-hybridized carbons (Fsp3) is 0.0714. The van der Waals surface area contributed by atoms with Crippen molar-refractivity contribution in [2.45, 2.75) is 26.2 Å². The predicted octanol–water partition coefficient (Wildman–Crippen LogP) is 13.6. The third-order valence-corrected chi connectivity index (χ3v) is 12.7. The van der Waals surface area contributed by atoms with Crippen molar-refractivity contribution in [1.82, 2.24) is 4.57 Å². The average Bonchev–Trinajstić information content (AvgIpc) is 3.83. The molecule has 11 aromatic rings. The van der Waals surface area contributed by atoms with Gasteiger partial charge in [0.25, 0.3) is 0 Å². The van der Waals surface area contributed by atoms with Crippen LogP contribution in [0.15, 0.2) is 186 Å². The van der Waals surface area contributed by atoms with Gasteiger partial charge in [0.15, 0.2) is 12.9 Å². The normalized spacial score (nSPS) is 12.4. The van der Waals surface area contributed by atoms with Crippen LogP contribution in [-0.4, -0.2) is 11.8 Å². The third-order valence-electron chi connectivity index (χ3n) is 12.7. The van der Waals surface area contributed by atoms with Crippen LogP contribution in [0.4, 0.5) is 11.4 Å². The van der Waals surface area contributed by atoms with Crippen molar-refractivity contribution in [2.75, 3.05) is 5.32 Å². The third kappa shape index (κ3) is 5.37. The quantitative estimate of drug-likeness (QED) is 0.177. The number of hydrogen-bond donors (Lipinski definition) is 1. The summed E-state index contributed by atoms with van der Waals surface area (Å²) in [5.41, 5.74) is 18.7. The second kappa shape index (κ2) is 13.1. The van der Waals surface area contributed by atoms with Gasteiger partial charge < -0.3 is 14.3 Å². The number of aromatic nitrogens is 1. The summed E-state index contributed by atoms with van der Waals surface area (Å²) in [6.45, 7) is 6.80. The first-order chi connectivity index (χ1) is 29.4. The number of benzene rings is 9. The van der Waals surface area contributed by atoms with Crippen LogP contribution in [0.5, 0.6) is 0 Å². The Morgan fingerprint density at radius 1 is 0.517 bits per heavy atom. The molecule has 0 aliphatic carbocycles. The number of para-hydroxylation sites is 1. The van der Waals surface area contributed by atoms with Crippen LogP contribution in [0, 0.1) is 0 Å². The number of nitrogens with one attached hydrogen (secondary N) is 1. The van der Waals surface area contributed by atoms with Gasteiger partial charge in [-0.05, 0) is 92.1 Å². The van der Waals surface area contributed by atoms with Crippen molar-refractivity contribution in [3.05, 3.63) is 188 Å². The minimum atomic E-state index is 0.0683. The lowest BCUT2D eigenvalue weighted by Crippen LogP contribution is -2.37. The Morgan fingerprint density at radius 2 is 1.20 bits per heavy atom. The van der Waals surface area contributed by atoms with E-state index >= 15 is 0 Å². The van der Waals surface area contributed by atoms with Crippen molar-refractivity contribution >= 4 is 84.1 Å². The molecule has 0 radical (unpaired) electrons. The first-order valence-corrected chi connectivity index (χ1v) is 21.0. The number of fused-ring (bicyclic) bond motifs is 10. The summed E-state index contributed by atoms with van der Waals surface area (Å²) in [7, 11) is 0.753. The number of nitrogens with zero attached hydrogens (tertiary/aromatic N) is 1. The molecule has 0 saturated carbocycles. The van der Waals surface area contributed by atoms with Gasteiger partial charge in [-0.2, -0.15) is 0 Å². The van der Waals surface area contributed by atoms with Gasteiger partial charge in [-0.3, -0.25) is 0 Å².